The van der Waals surface area contributed by atoms with Crippen LogP contribution < -0.4 is 10.5 Å². The smallest absolute Gasteiger partial charge is 0.244 e. The zero-order valence-corrected chi connectivity index (χ0v) is 9.34. The number of nitrogens with two attached hydrogens (primary N) is 1. The van der Waals surface area contributed by atoms with Crippen molar-refractivity contribution >= 4 is 5.69 Å². The molecule has 0 fully saturated rings. The molecular formula is C13H11N3O. The van der Waals surface area contributed by atoms with E-state index in [1.54, 1.807) is 6.07 Å². The van der Waals surface area contributed by atoms with E-state index in [2.05, 4.69) is 4.98 Å². The SMILES string of the molecule is Cc1ccc(Oc2nccc(C#N)c2N)cc1. The first kappa shape index (κ1) is 11.0. The molecule has 0 unspecified atom stereocenters. The summed E-state index contributed by atoms with van der Waals surface area (Å²) < 4.78 is 5.52. The van der Waals surface area contributed by atoms with Gasteiger partial charge in [-0.05, 0) is 25.1 Å². The minimum absolute atomic E-state index is 0.257. The summed E-state index contributed by atoms with van der Waals surface area (Å²) in [6.45, 7) is 1.99. The number of nitrogens with zero attached hydrogens (tertiary/aromatic N) is 2. The fourth-order valence-electron chi connectivity index (χ4n) is 1.35. The summed E-state index contributed by atoms with van der Waals surface area (Å²) in [4.78, 5) is 4.01. The molecule has 0 aliphatic carbocycles. The maximum Gasteiger partial charge on any atom is 0.244 e. The number of aryl methyl sites for hydroxylation is 1. The van der Waals surface area contributed by atoms with Crippen molar-refractivity contribution in [2.75, 3.05) is 5.73 Å². The Morgan fingerprint density at radius 2 is 1.94 bits per heavy atom. The molecule has 0 radical (unpaired) electrons. The molecule has 0 aliphatic rings. The van der Waals surface area contributed by atoms with Crippen LogP contribution in [0, 0.1) is 18.3 Å². The molecule has 0 aliphatic heterocycles. The van der Waals surface area contributed by atoms with Crippen molar-refractivity contribution in [2.45, 2.75) is 6.92 Å². The fourth-order valence-corrected chi connectivity index (χ4v) is 1.35. The van der Waals surface area contributed by atoms with E-state index in [9.17, 15) is 0 Å². The lowest BCUT2D eigenvalue weighted by Gasteiger charge is -2.07. The summed E-state index contributed by atoms with van der Waals surface area (Å²) in [6.07, 6.45) is 1.50. The molecule has 0 bridgehead atoms. The van der Waals surface area contributed by atoms with Gasteiger partial charge in [0.15, 0.2) is 0 Å². The maximum atomic E-state index is 8.83. The highest BCUT2D eigenvalue weighted by Crippen LogP contribution is 2.27. The van der Waals surface area contributed by atoms with Crippen molar-refractivity contribution < 1.29 is 4.74 Å². The van der Waals surface area contributed by atoms with E-state index >= 15 is 0 Å². The summed E-state index contributed by atoms with van der Waals surface area (Å²) in [6, 6.07) is 11.1. The summed E-state index contributed by atoms with van der Waals surface area (Å²) in [5.41, 5.74) is 7.53. The van der Waals surface area contributed by atoms with Gasteiger partial charge in [-0.1, -0.05) is 17.7 Å². The molecule has 0 amide bonds. The summed E-state index contributed by atoms with van der Waals surface area (Å²) in [7, 11) is 0. The standard InChI is InChI=1S/C13H11N3O/c1-9-2-4-11(5-3-9)17-13-12(15)10(8-14)6-7-16-13/h2-7H,15H2,1H3. The Bertz CT molecular complexity index is 570. The van der Waals surface area contributed by atoms with E-state index in [4.69, 9.17) is 15.7 Å². The Morgan fingerprint density at radius 1 is 1.24 bits per heavy atom. The van der Waals surface area contributed by atoms with Gasteiger partial charge >= 0.3 is 0 Å². The second-order valence-corrected chi connectivity index (χ2v) is 3.60. The molecule has 2 aromatic rings. The number of nitrogen functional groups attached to an aromatic ring is 1. The minimum Gasteiger partial charge on any atom is -0.437 e. The quantitative estimate of drug-likeness (QED) is 0.852. The monoisotopic (exact) mass is 225 g/mol. The molecule has 1 aromatic carbocycles. The van der Waals surface area contributed by atoms with Crippen LogP contribution in [0.3, 0.4) is 0 Å². The molecule has 4 heteroatoms. The number of benzene rings is 1. The Morgan fingerprint density at radius 3 is 2.59 bits per heavy atom. The molecule has 2 N–H and O–H groups in total. The first-order valence-electron chi connectivity index (χ1n) is 5.10. The highest BCUT2D eigenvalue weighted by molar-refractivity contribution is 5.60. The molecule has 17 heavy (non-hydrogen) atoms. The second-order valence-electron chi connectivity index (χ2n) is 3.60. The van der Waals surface area contributed by atoms with Gasteiger partial charge in [-0.2, -0.15) is 5.26 Å². The number of nitriles is 1. The topological polar surface area (TPSA) is 71.9 Å². The van der Waals surface area contributed by atoms with Crippen LogP contribution in [0.4, 0.5) is 5.69 Å². The van der Waals surface area contributed by atoms with Crippen LogP contribution in [0.15, 0.2) is 36.5 Å². The largest absolute Gasteiger partial charge is 0.437 e. The lowest BCUT2D eigenvalue weighted by atomic mass is 10.2. The number of hydrogen-bond donors (Lipinski definition) is 1. The Labute approximate surface area is 99.3 Å². The van der Waals surface area contributed by atoms with Gasteiger partial charge in [-0.15, -0.1) is 0 Å². The average molecular weight is 225 g/mol. The zero-order chi connectivity index (χ0) is 12.3. The molecule has 0 atom stereocenters. The fraction of sp³-hybridized carbons (Fsp3) is 0.0769. The van der Waals surface area contributed by atoms with E-state index in [0.717, 1.165) is 5.56 Å². The van der Waals surface area contributed by atoms with Crippen LogP contribution in [-0.4, -0.2) is 4.98 Å². The average Bonchev–Trinajstić information content (AvgIpc) is 2.35. The zero-order valence-electron chi connectivity index (χ0n) is 9.34. The van der Waals surface area contributed by atoms with E-state index in [1.807, 2.05) is 37.3 Å². The van der Waals surface area contributed by atoms with E-state index < -0.39 is 0 Å². The third kappa shape index (κ3) is 2.34. The van der Waals surface area contributed by atoms with Crippen LogP contribution >= 0.6 is 0 Å². The third-order valence-corrected chi connectivity index (χ3v) is 2.31. The maximum absolute atomic E-state index is 8.83. The molecule has 1 aromatic heterocycles. The molecule has 0 saturated carbocycles. The molecule has 2 rings (SSSR count). The normalized spacial score (nSPS) is 9.65. The number of rotatable bonds is 2. The molecule has 4 nitrogen and oxygen atoms in total. The van der Waals surface area contributed by atoms with Gasteiger partial charge in [0.2, 0.25) is 5.88 Å². The van der Waals surface area contributed by atoms with Crippen molar-refractivity contribution in [2.24, 2.45) is 0 Å². The predicted octanol–water partition coefficient (Wildman–Crippen LogP) is 2.64. The van der Waals surface area contributed by atoms with Crippen LogP contribution in [0.5, 0.6) is 11.6 Å². The predicted molar refractivity (Wildman–Crippen MR) is 64.6 cm³/mol. The van der Waals surface area contributed by atoms with Gasteiger partial charge in [0.25, 0.3) is 0 Å². The first-order valence-corrected chi connectivity index (χ1v) is 5.10. The van der Waals surface area contributed by atoms with E-state index in [0.29, 0.717) is 11.3 Å². The molecule has 0 saturated heterocycles. The van der Waals surface area contributed by atoms with Gasteiger partial charge in [-0.3, -0.25) is 0 Å². The number of anilines is 1. The number of pyridine rings is 1. The lowest BCUT2D eigenvalue weighted by molar-refractivity contribution is 0.465. The first-order chi connectivity index (χ1) is 8.20. The minimum atomic E-state index is 0.257. The van der Waals surface area contributed by atoms with Crippen LogP contribution in [-0.2, 0) is 0 Å². The molecular weight excluding hydrogens is 214 g/mol. The van der Waals surface area contributed by atoms with Gasteiger partial charge in [0, 0.05) is 6.20 Å². The summed E-state index contributed by atoms with van der Waals surface area (Å²) >= 11 is 0. The second kappa shape index (κ2) is 4.54. The number of aromatic nitrogens is 1. The Hall–Kier alpha value is -2.54. The lowest BCUT2D eigenvalue weighted by Crippen LogP contribution is -1.97. The Balaban J connectivity index is 2.31. The summed E-state index contributed by atoms with van der Waals surface area (Å²) in [5, 5.41) is 8.83. The molecule has 0 spiro atoms. The van der Waals surface area contributed by atoms with Crippen LogP contribution in [0.2, 0.25) is 0 Å². The third-order valence-electron chi connectivity index (χ3n) is 2.31. The van der Waals surface area contributed by atoms with Gasteiger partial charge < -0.3 is 10.5 Å². The highest BCUT2D eigenvalue weighted by atomic mass is 16.5. The summed E-state index contributed by atoms with van der Waals surface area (Å²) in [5.74, 6) is 0.901. The Kier molecular flexibility index (Phi) is 2.93. The van der Waals surface area contributed by atoms with Gasteiger partial charge in [0.1, 0.15) is 17.5 Å². The van der Waals surface area contributed by atoms with E-state index in [1.165, 1.54) is 6.20 Å². The van der Waals surface area contributed by atoms with Crippen LogP contribution in [0.1, 0.15) is 11.1 Å². The van der Waals surface area contributed by atoms with Crippen molar-refractivity contribution in [3.8, 4) is 17.7 Å². The van der Waals surface area contributed by atoms with Crippen LogP contribution in [0.25, 0.3) is 0 Å². The van der Waals surface area contributed by atoms with Crippen molar-refractivity contribution in [3.63, 3.8) is 0 Å². The van der Waals surface area contributed by atoms with Crippen molar-refractivity contribution in [1.29, 1.82) is 5.26 Å². The van der Waals surface area contributed by atoms with Gasteiger partial charge in [-0.25, -0.2) is 4.98 Å². The van der Waals surface area contributed by atoms with Gasteiger partial charge in [0.05, 0.1) is 5.56 Å². The van der Waals surface area contributed by atoms with Crippen molar-refractivity contribution in [3.05, 3.63) is 47.7 Å². The molecule has 84 valence electrons. The highest BCUT2D eigenvalue weighted by Gasteiger charge is 2.07. The number of hydrogen-bond acceptors (Lipinski definition) is 4. The van der Waals surface area contributed by atoms with E-state index in [-0.39, 0.29) is 11.6 Å². The molecule has 1 heterocycles. The van der Waals surface area contributed by atoms with Crippen molar-refractivity contribution in [1.82, 2.24) is 4.98 Å². The number of ether oxygens (including phenoxy) is 1.